The van der Waals surface area contributed by atoms with Crippen molar-refractivity contribution in [2.24, 2.45) is 4.99 Å². The zero-order valence-corrected chi connectivity index (χ0v) is 41.6. The number of aliphatic imine (C=N–C) groups is 1. The summed E-state index contributed by atoms with van der Waals surface area (Å²) in [5.74, 6) is 0.215. The third kappa shape index (κ3) is 11.7. The van der Waals surface area contributed by atoms with E-state index in [1.165, 1.54) is 7.11 Å². The van der Waals surface area contributed by atoms with Gasteiger partial charge in [0.05, 0.1) is 49.8 Å². The second-order valence-corrected chi connectivity index (χ2v) is 19.8. The van der Waals surface area contributed by atoms with Crippen molar-refractivity contribution < 1.29 is 42.9 Å². The smallest absolute Gasteiger partial charge is 0.260 e. The summed E-state index contributed by atoms with van der Waals surface area (Å²) in [6.07, 6.45) is 4.71. The molecular formula is C54H59N7O9S. The summed E-state index contributed by atoms with van der Waals surface area (Å²) >= 11 is 4.45. The lowest BCUT2D eigenvalue weighted by molar-refractivity contribution is -0.128. The second kappa shape index (κ2) is 21.6. The van der Waals surface area contributed by atoms with E-state index in [0.717, 1.165) is 40.9 Å². The largest absolute Gasteiger partial charge is 0.493 e. The van der Waals surface area contributed by atoms with Gasteiger partial charge in [-0.1, -0.05) is 50.2 Å². The summed E-state index contributed by atoms with van der Waals surface area (Å²) < 4.78 is 24.0. The Morgan fingerprint density at radius 1 is 0.859 bits per heavy atom. The predicted octanol–water partition coefficient (Wildman–Crippen LogP) is 7.51. The number of para-hydroxylation sites is 2. The van der Waals surface area contributed by atoms with Crippen LogP contribution in [-0.2, 0) is 45.2 Å². The van der Waals surface area contributed by atoms with E-state index in [9.17, 15) is 24.0 Å². The van der Waals surface area contributed by atoms with Crippen LogP contribution in [0.1, 0.15) is 71.8 Å². The molecule has 3 aliphatic heterocycles. The molecule has 0 bridgehead atoms. The Hall–Kier alpha value is -7.53. The van der Waals surface area contributed by atoms with Gasteiger partial charge in [0.2, 0.25) is 24.1 Å². The molecule has 370 valence electrons. The van der Waals surface area contributed by atoms with E-state index in [2.05, 4.69) is 40.0 Å². The molecule has 3 aliphatic rings. The van der Waals surface area contributed by atoms with E-state index in [4.69, 9.17) is 23.9 Å². The van der Waals surface area contributed by atoms with Crippen LogP contribution in [0.2, 0.25) is 0 Å². The molecule has 71 heavy (non-hydrogen) atoms. The highest BCUT2D eigenvalue weighted by Gasteiger charge is 2.38. The van der Waals surface area contributed by atoms with Crippen molar-refractivity contribution in [1.82, 2.24) is 10.6 Å². The molecule has 3 heterocycles. The van der Waals surface area contributed by atoms with Gasteiger partial charge in [0, 0.05) is 59.5 Å². The number of aryl methyl sites for hydroxylation is 1. The van der Waals surface area contributed by atoms with Crippen LogP contribution >= 0.6 is 12.6 Å². The molecule has 2 unspecified atom stereocenters. The molecule has 0 aliphatic carbocycles. The van der Waals surface area contributed by atoms with Crippen LogP contribution in [0.3, 0.4) is 0 Å². The number of benzene rings is 5. The Labute approximate surface area is 418 Å². The number of amides is 5. The summed E-state index contributed by atoms with van der Waals surface area (Å²) in [6, 6.07) is 26.9. The van der Waals surface area contributed by atoms with Gasteiger partial charge in [0.25, 0.3) is 5.91 Å². The predicted molar refractivity (Wildman–Crippen MR) is 277 cm³/mol. The first-order chi connectivity index (χ1) is 34.1. The SMILES string of the molecule is COc1cc(C)c(/N=C\[C@@H]2Cc3ccccc3N2C=O)cc1OCc1cc(COc2cc3c(cc2OC)C(=O)N2c4ccccc4CC2CN3)cc(NC(=O)C(C)NC(=O)CNC(=O)CCC(C)(C)S)c1. The molecule has 8 rings (SSSR count). The second-order valence-electron chi connectivity index (χ2n) is 18.6. The van der Waals surface area contributed by atoms with Gasteiger partial charge in [-0.2, -0.15) is 12.6 Å². The average Bonchev–Trinajstić information content (AvgIpc) is 3.88. The first-order valence-corrected chi connectivity index (χ1v) is 24.0. The Kier molecular flexibility index (Phi) is 15.2. The van der Waals surface area contributed by atoms with E-state index in [0.29, 0.717) is 76.1 Å². The minimum Gasteiger partial charge on any atom is -0.493 e. The molecule has 4 N–H and O–H groups in total. The van der Waals surface area contributed by atoms with Crippen LogP contribution in [0.5, 0.6) is 23.0 Å². The van der Waals surface area contributed by atoms with Gasteiger partial charge in [-0.15, -0.1) is 0 Å². The maximum atomic E-state index is 14.1. The number of nitrogens with one attached hydrogen (secondary N) is 4. The van der Waals surface area contributed by atoms with Crippen molar-refractivity contribution in [3.8, 4) is 23.0 Å². The number of anilines is 4. The van der Waals surface area contributed by atoms with Crippen LogP contribution in [-0.4, -0.2) is 86.4 Å². The van der Waals surface area contributed by atoms with Gasteiger partial charge in [0.1, 0.15) is 19.3 Å². The molecule has 17 heteroatoms. The van der Waals surface area contributed by atoms with Crippen LogP contribution < -0.4 is 50.0 Å². The fourth-order valence-electron chi connectivity index (χ4n) is 8.96. The number of hydrogen-bond acceptors (Lipinski definition) is 12. The maximum Gasteiger partial charge on any atom is 0.260 e. The van der Waals surface area contributed by atoms with Crippen LogP contribution in [0.15, 0.2) is 96.0 Å². The van der Waals surface area contributed by atoms with Crippen molar-refractivity contribution in [3.63, 3.8) is 0 Å². The van der Waals surface area contributed by atoms with Crippen molar-refractivity contribution in [2.75, 3.05) is 47.7 Å². The van der Waals surface area contributed by atoms with E-state index < -0.39 is 17.9 Å². The van der Waals surface area contributed by atoms with Crippen molar-refractivity contribution in [1.29, 1.82) is 0 Å². The number of carbonyl (C=O) groups is 5. The van der Waals surface area contributed by atoms with Gasteiger partial charge >= 0.3 is 0 Å². The molecule has 3 atom stereocenters. The molecule has 0 saturated carbocycles. The summed E-state index contributed by atoms with van der Waals surface area (Å²) in [5, 5.41) is 11.6. The number of rotatable bonds is 19. The van der Waals surface area contributed by atoms with Gasteiger partial charge in [0.15, 0.2) is 23.0 Å². The van der Waals surface area contributed by atoms with Gasteiger partial charge < -0.3 is 50.0 Å². The summed E-state index contributed by atoms with van der Waals surface area (Å²) in [5.41, 5.74) is 8.22. The summed E-state index contributed by atoms with van der Waals surface area (Å²) in [7, 11) is 3.07. The molecule has 0 aromatic heterocycles. The zero-order valence-electron chi connectivity index (χ0n) is 40.7. The molecule has 5 amide bonds. The number of carbonyl (C=O) groups excluding carboxylic acids is 5. The van der Waals surface area contributed by atoms with Gasteiger partial charge in [-0.05, 0) is 97.0 Å². The zero-order chi connectivity index (χ0) is 50.4. The van der Waals surface area contributed by atoms with E-state index in [1.807, 2.05) is 80.3 Å². The van der Waals surface area contributed by atoms with E-state index in [1.54, 1.807) is 55.5 Å². The molecule has 0 fully saturated rings. The topological polar surface area (TPSA) is 189 Å². The minimum absolute atomic E-state index is 0.0217. The molecular weight excluding hydrogens is 923 g/mol. The molecule has 0 saturated heterocycles. The molecule has 5 aromatic carbocycles. The molecule has 16 nitrogen and oxygen atoms in total. The Morgan fingerprint density at radius 3 is 2.18 bits per heavy atom. The Bertz CT molecular complexity index is 2880. The number of hydrogen-bond donors (Lipinski definition) is 5. The third-order valence-corrected chi connectivity index (χ3v) is 12.9. The monoisotopic (exact) mass is 981 g/mol. The number of ether oxygens (including phenoxy) is 4. The van der Waals surface area contributed by atoms with Gasteiger partial charge in [-0.3, -0.25) is 29.0 Å². The quantitative estimate of drug-likeness (QED) is 0.0315. The third-order valence-electron chi connectivity index (χ3n) is 12.7. The first-order valence-electron chi connectivity index (χ1n) is 23.5. The lowest BCUT2D eigenvalue weighted by atomic mass is 10.1. The highest BCUT2D eigenvalue weighted by molar-refractivity contribution is 7.81. The number of fused-ring (bicyclic) bond motifs is 5. The lowest BCUT2D eigenvalue weighted by Gasteiger charge is -2.22. The number of nitrogens with zero attached hydrogens (tertiary/aromatic N) is 3. The van der Waals surface area contributed by atoms with Crippen molar-refractivity contribution in [3.05, 3.63) is 124 Å². The number of methoxy groups -OCH3 is 2. The van der Waals surface area contributed by atoms with Crippen LogP contribution in [0.4, 0.5) is 28.4 Å². The fourth-order valence-corrected chi connectivity index (χ4v) is 9.07. The highest BCUT2D eigenvalue weighted by atomic mass is 32.1. The Morgan fingerprint density at radius 2 is 1.51 bits per heavy atom. The molecule has 0 spiro atoms. The standard InChI is InChI=1S/C54H59N7O9S/c1-32-17-46(67-5)48(24-42(32)55-26-39-21-36-11-7-9-13-44(36)60(39)31-62)69-29-34-18-35(20-38(19-34)59-52(65)33(2)58-51(64)28-57-50(63)15-16-54(3,4)71)30-70-49-25-43-41(23-47(49)68-6)53(66)61-40(27-56-43)22-37-12-8-10-14-45(37)61/h7-14,17-20,23-26,31,33,39-40,56,71H,15-16,21-22,27-30H2,1-6H3,(H,57,63)(H,58,64)(H,59,65)/b55-26-/t33?,39-,40?/m0/s1. The maximum absolute atomic E-state index is 14.1. The average molecular weight is 982 g/mol. The van der Waals surface area contributed by atoms with Gasteiger partial charge in [-0.25, -0.2) is 0 Å². The number of thiol groups is 1. The lowest BCUT2D eigenvalue weighted by Crippen LogP contribution is -2.46. The van der Waals surface area contributed by atoms with Crippen LogP contribution in [0.25, 0.3) is 0 Å². The highest BCUT2D eigenvalue weighted by Crippen LogP contribution is 2.41. The normalized spacial score (nSPS) is 16.1. The van der Waals surface area contributed by atoms with E-state index >= 15 is 0 Å². The van der Waals surface area contributed by atoms with Crippen LogP contribution in [0, 0.1) is 6.92 Å². The first kappa shape index (κ1) is 49.9. The van der Waals surface area contributed by atoms with Crippen molar-refractivity contribution >= 4 is 77.3 Å². The summed E-state index contributed by atoms with van der Waals surface area (Å²) in [4.78, 5) is 73.3. The summed E-state index contributed by atoms with van der Waals surface area (Å²) in [6.45, 7) is 7.58. The fraction of sp³-hybridized carbons (Fsp3) is 0.333. The molecule has 5 aromatic rings. The van der Waals surface area contributed by atoms with Crippen molar-refractivity contribution in [2.45, 2.75) is 89.5 Å². The van der Waals surface area contributed by atoms with E-state index in [-0.39, 0.29) is 54.8 Å². The molecule has 0 radical (unpaired) electrons. The minimum atomic E-state index is -0.966. The Balaban J connectivity index is 1.01.